The highest BCUT2D eigenvalue weighted by Crippen LogP contribution is 2.32. The Morgan fingerprint density at radius 3 is 2.29 bits per heavy atom. The number of carboxylic acid groups (broad SMARTS) is 1. The summed E-state index contributed by atoms with van der Waals surface area (Å²) in [7, 11) is 0. The molecule has 1 amide bonds. The van der Waals surface area contributed by atoms with E-state index in [-0.39, 0.29) is 18.5 Å². The molecule has 0 aromatic heterocycles. The molecule has 0 heterocycles. The Kier molecular flexibility index (Phi) is 6.22. The van der Waals surface area contributed by atoms with Crippen LogP contribution in [0.2, 0.25) is 0 Å². The minimum Gasteiger partial charge on any atom is -0.481 e. The van der Waals surface area contributed by atoms with Crippen molar-refractivity contribution in [3.63, 3.8) is 0 Å². The lowest BCUT2D eigenvalue weighted by atomic mass is 9.95. The van der Waals surface area contributed by atoms with Gasteiger partial charge in [-0.2, -0.15) is 13.2 Å². The van der Waals surface area contributed by atoms with Crippen molar-refractivity contribution in [1.82, 2.24) is 5.32 Å². The van der Waals surface area contributed by atoms with E-state index in [1.807, 2.05) is 0 Å². The Hall–Kier alpha value is -2.25. The quantitative estimate of drug-likeness (QED) is 0.855. The lowest BCUT2D eigenvalue weighted by Crippen LogP contribution is -2.38. The van der Waals surface area contributed by atoms with Crippen molar-refractivity contribution in [3.8, 4) is 0 Å². The van der Waals surface area contributed by atoms with Gasteiger partial charge < -0.3 is 15.2 Å². The topological polar surface area (TPSA) is 75.6 Å². The first-order valence-electron chi connectivity index (χ1n) is 7.25. The summed E-state index contributed by atoms with van der Waals surface area (Å²) in [5, 5.41) is 11.5. The molecule has 134 valence electrons. The SMILES string of the molecule is CC(C)(C)OC(=O)NC[C@H](Cc1ccccc1C(F)(F)F)C(=O)O. The summed E-state index contributed by atoms with van der Waals surface area (Å²) in [6.45, 7) is 4.58. The van der Waals surface area contributed by atoms with Crippen molar-refractivity contribution in [3.05, 3.63) is 35.4 Å². The maximum Gasteiger partial charge on any atom is 0.416 e. The maximum absolute atomic E-state index is 13.0. The molecule has 8 heteroatoms. The molecule has 24 heavy (non-hydrogen) atoms. The highest BCUT2D eigenvalue weighted by atomic mass is 19.4. The van der Waals surface area contributed by atoms with E-state index in [2.05, 4.69) is 5.32 Å². The molecule has 1 rings (SSSR count). The first-order valence-corrected chi connectivity index (χ1v) is 7.25. The van der Waals surface area contributed by atoms with Crippen LogP contribution in [-0.2, 0) is 22.1 Å². The largest absolute Gasteiger partial charge is 0.481 e. The Morgan fingerprint density at radius 2 is 1.79 bits per heavy atom. The molecule has 0 unspecified atom stereocenters. The molecular weight excluding hydrogens is 327 g/mol. The smallest absolute Gasteiger partial charge is 0.416 e. The molecule has 0 spiro atoms. The molecule has 1 atom stereocenters. The van der Waals surface area contributed by atoms with Crippen molar-refractivity contribution in [2.24, 2.45) is 5.92 Å². The van der Waals surface area contributed by atoms with Crippen LogP contribution in [0.1, 0.15) is 31.9 Å². The van der Waals surface area contributed by atoms with Gasteiger partial charge in [-0.1, -0.05) is 18.2 Å². The van der Waals surface area contributed by atoms with Gasteiger partial charge in [0.15, 0.2) is 0 Å². The zero-order chi connectivity index (χ0) is 18.5. The summed E-state index contributed by atoms with van der Waals surface area (Å²) in [4.78, 5) is 22.8. The van der Waals surface area contributed by atoms with Gasteiger partial charge >= 0.3 is 18.2 Å². The third-order valence-electron chi connectivity index (χ3n) is 3.03. The average molecular weight is 347 g/mol. The van der Waals surface area contributed by atoms with Gasteiger partial charge in [0.05, 0.1) is 11.5 Å². The molecule has 0 fully saturated rings. The van der Waals surface area contributed by atoms with Crippen LogP contribution < -0.4 is 5.32 Å². The Morgan fingerprint density at radius 1 is 1.21 bits per heavy atom. The number of ether oxygens (including phenoxy) is 1. The summed E-state index contributed by atoms with van der Waals surface area (Å²) >= 11 is 0. The van der Waals surface area contributed by atoms with Crippen molar-refractivity contribution in [2.45, 2.75) is 39.0 Å². The van der Waals surface area contributed by atoms with E-state index in [1.54, 1.807) is 20.8 Å². The van der Waals surface area contributed by atoms with Crippen LogP contribution in [0.4, 0.5) is 18.0 Å². The van der Waals surface area contributed by atoms with Crippen LogP contribution in [0.3, 0.4) is 0 Å². The summed E-state index contributed by atoms with van der Waals surface area (Å²) in [6.07, 6.45) is -5.75. The van der Waals surface area contributed by atoms with Gasteiger partial charge in [-0.05, 0) is 38.8 Å². The monoisotopic (exact) mass is 347 g/mol. The second-order valence-electron chi connectivity index (χ2n) is 6.28. The molecule has 0 saturated carbocycles. The molecule has 0 radical (unpaired) electrons. The number of hydrogen-bond donors (Lipinski definition) is 2. The third-order valence-corrected chi connectivity index (χ3v) is 3.03. The number of aliphatic carboxylic acids is 1. The summed E-state index contributed by atoms with van der Waals surface area (Å²) < 4.78 is 43.9. The van der Waals surface area contributed by atoms with Crippen molar-refractivity contribution < 1.29 is 32.6 Å². The van der Waals surface area contributed by atoms with Crippen molar-refractivity contribution >= 4 is 12.1 Å². The number of carbonyl (C=O) groups excluding carboxylic acids is 1. The number of carboxylic acids is 1. The molecule has 1 aromatic carbocycles. The van der Waals surface area contributed by atoms with Crippen LogP contribution in [0.5, 0.6) is 0 Å². The highest BCUT2D eigenvalue weighted by molar-refractivity contribution is 5.73. The molecule has 0 bridgehead atoms. The fraction of sp³-hybridized carbons (Fsp3) is 0.500. The third kappa shape index (κ3) is 6.47. The van der Waals surface area contributed by atoms with Gasteiger partial charge in [-0.3, -0.25) is 4.79 Å². The van der Waals surface area contributed by atoms with Crippen LogP contribution in [-0.4, -0.2) is 29.3 Å². The van der Waals surface area contributed by atoms with E-state index in [0.717, 1.165) is 6.07 Å². The van der Waals surface area contributed by atoms with Crippen LogP contribution in [0, 0.1) is 5.92 Å². The maximum atomic E-state index is 13.0. The van der Waals surface area contributed by atoms with E-state index in [0.29, 0.717) is 0 Å². The first kappa shape index (κ1) is 19.8. The summed E-state index contributed by atoms with van der Waals surface area (Å²) in [6, 6.07) is 4.77. The fourth-order valence-corrected chi connectivity index (χ4v) is 2.01. The second-order valence-corrected chi connectivity index (χ2v) is 6.28. The molecule has 2 N–H and O–H groups in total. The molecular formula is C16H20F3NO4. The molecule has 0 aliphatic rings. The number of alkyl carbamates (subject to hydrolysis) is 1. The predicted octanol–water partition coefficient (Wildman–Crippen LogP) is 3.47. The Labute approximate surface area is 137 Å². The molecule has 0 saturated heterocycles. The van der Waals surface area contributed by atoms with Crippen molar-refractivity contribution in [1.29, 1.82) is 0 Å². The van der Waals surface area contributed by atoms with Gasteiger partial charge in [0, 0.05) is 6.54 Å². The number of halogens is 3. The van der Waals surface area contributed by atoms with Crippen LogP contribution >= 0.6 is 0 Å². The van der Waals surface area contributed by atoms with E-state index < -0.39 is 35.3 Å². The number of rotatable bonds is 5. The van der Waals surface area contributed by atoms with Gasteiger partial charge in [-0.25, -0.2) is 4.79 Å². The number of alkyl halides is 3. The Balaban J connectivity index is 2.82. The standard InChI is InChI=1S/C16H20F3NO4/c1-15(2,3)24-14(23)20-9-11(13(21)22)8-10-6-4-5-7-12(10)16(17,18)19/h4-7,11H,8-9H2,1-3H3,(H,20,23)(H,21,22)/t11-/m0/s1. The Bertz CT molecular complexity index is 594. The van der Waals surface area contributed by atoms with Gasteiger partial charge in [-0.15, -0.1) is 0 Å². The number of carbonyl (C=O) groups is 2. The molecule has 1 aromatic rings. The molecule has 0 aliphatic heterocycles. The summed E-state index contributed by atoms with van der Waals surface area (Å²) in [5.74, 6) is -2.51. The normalized spacial score (nSPS) is 13.2. The molecule has 0 aliphatic carbocycles. The van der Waals surface area contributed by atoms with Crippen LogP contribution in [0.25, 0.3) is 0 Å². The van der Waals surface area contributed by atoms with Crippen LogP contribution in [0.15, 0.2) is 24.3 Å². The summed E-state index contributed by atoms with van der Waals surface area (Å²) in [5.41, 5.74) is -1.77. The van der Waals surface area contributed by atoms with E-state index in [9.17, 15) is 27.9 Å². The van der Waals surface area contributed by atoms with E-state index in [4.69, 9.17) is 4.74 Å². The second kappa shape index (κ2) is 7.55. The fourth-order valence-electron chi connectivity index (χ4n) is 2.01. The zero-order valence-corrected chi connectivity index (χ0v) is 13.6. The van der Waals surface area contributed by atoms with E-state index in [1.165, 1.54) is 18.2 Å². The first-order chi connectivity index (χ1) is 10.9. The molecule has 5 nitrogen and oxygen atoms in total. The number of hydrogen-bond acceptors (Lipinski definition) is 3. The lowest BCUT2D eigenvalue weighted by Gasteiger charge is -2.21. The minimum atomic E-state index is -4.57. The number of benzene rings is 1. The number of amides is 1. The highest BCUT2D eigenvalue weighted by Gasteiger charge is 2.34. The van der Waals surface area contributed by atoms with Crippen molar-refractivity contribution in [2.75, 3.05) is 6.54 Å². The van der Waals surface area contributed by atoms with Gasteiger partial charge in [0.1, 0.15) is 5.60 Å². The van der Waals surface area contributed by atoms with Gasteiger partial charge in [0.25, 0.3) is 0 Å². The number of nitrogens with one attached hydrogen (secondary N) is 1. The lowest BCUT2D eigenvalue weighted by molar-refractivity contribution is -0.143. The minimum absolute atomic E-state index is 0.136. The zero-order valence-electron chi connectivity index (χ0n) is 13.6. The predicted molar refractivity (Wildman–Crippen MR) is 80.5 cm³/mol. The average Bonchev–Trinajstić information content (AvgIpc) is 2.40. The van der Waals surface area contributed by atoms with Gasteiger partial charge in [0.2, 0.25) is 0 Å². The van der Waals surface area contributed by atoms with E-state index >= 15 is 0 Å².